The molecule has 1 unspecified atom stereocenters. The van der Waals surface area contributed by atoms with Crippen LogP contribution in [0.4, 0.5) is 26.3 Å². The SMILES string of the molecule is CCOC(=O)CC(N(C(F)(F)F)S(=O)(=O)c1ccccc1)C(F)(F)F. The van der Waals surface area contributed by atoms with Crippen molar-refractivity contribution in [2.24, 2.45) is 0 Å². The standard InChI is InChI=1S/C13H13F6NO4S/c1-2-24-11(21)8-10(12(14,15)16)20(13(17,18)19)25(22,23)9-6-4-3-5-7-9/h3-7,10H,2,8H2,1H3. The van der Waals surface area contributed by atoms with Crippen molar-refractivity contribution in [1.82, 2.24) is 4.31 Å². The second-order valence-corrected chi connectivity index (χ2v) is 6.46. The van der Waals surface area contributed by atoms with Crippen LogP contribution < -0.4 is 0 Å². The Hall–Kier alpha value is -1.82. The van der Waals surface area contributed by atoms with Crippen molar-refractivity contribution in [1.29, 1.82) is 0 Å². The van der Waals surface area contributed by atoms with E-state index in [-0.39, 0.29) is 6.61 Å². The third-order valence-corrected chi connectivity index (χ3v) is 4.72. The topological polar surface area (TPSA) is 63.7 Å². The summed E-state index contributed by atoms with van der Waals surface area (Å²) in [5.41, 5.74) is 0. The zero-order chi connectivity index (χ0) is 19.5. The molecule has 1 aromatic carbocycles. The van der Waals surface area contributed by atoms with E-state index in [1.165, 1.54) is 13.0 Å². The Bertz CT molecular complexity index is 687. The van der Waals surface area contributed by atoms with Gasteiger partial charge in [0, 0.05) is 0 Å². The first-order valence-electron chi connectivity index (χ1n) is 6.70. The minimum Gasteiger partial charge on any atom is -0.466 e. The fraction of sp³-hybridized carbons (Fsp3) is 0.462. The van der Waals surface area contributed by atoms with Crippen LogP contribution in [-0.4, -0.2) is 43.8 Å². The summed E-state index contributed by atoms with van der Waals surface area (Å²) < 4.78 is 106. The first-order valence-corrected chi connectivity index (χ1v) is 8.14. The van der Waals surface area contributed by atoms with Crippen LogP contribution in [0.15, 0.2) is 35.2 Å². The highest BCUT2D eigenvalue weighted by molar-refractivity contribution is 7.89. The lowest BCUT2D eigenvalue weighted by Crippen LogP contribution is -2.56. The number of ether oxygens (including phenoxy) is 1. The molecule has 1 rings (SSSR count). The van der Waals surface area contributed by atoms with Crippen molar-refractivity contribution in [3.05, 3.63) is 30.3 Å². The van der Waals surface area contributed by atoms with Gasteiger partial charge in [-0.05, 0) is 19.1 Å². The van der Waals surface area contributed by atoms with Crippen LogP contribution in [0, 0.1) is 0 Å². The van der Waals surface area contributed by atoms with Crippen LogP contribution in [0.3, 0.4) is 0 Å². The Morgan fingerprint density at radius 1 is 1.12 bits per heavy atom. The van der Waals surface area contributed by atoms with Crippen LogP contribution >= 0.6 is 0 Å². The molecule has 0 saturated carbocycles. The number of carbonyl (C=O) groups is 1. The van der Waals surface area contributed by atoms with Gasteiger partial charge in [0.25, 0.3) is 10.0 Å². The number of hydrogen-bond acceptors (Lipinski definition) is 4. The van der Waals surface area contributed by atoms with Crippen molar-refractivity contribution in [2.75, 3.05) is 6.61 Å². The van der Waals surface area contributed by atoms with Gasteiger partial charge in [-0.1, -0.05) is 22.5 Å². The molecule has 0 saturated heterocycles. The van der Waals surface area contributed by atoms with E-state index in [4.69, 9.17) is 0 Å². The summed E-state index contributed by atoms with van der Waals surface area (Å²) in [6.45, 7) is 0.865. The predicted octanol–water partition coefficient (Wildman–Crippen LogP) is 3.08. The number of alkyl halides is 6. The number of sulfonamides is 1. The summed E-state index contributed by atoms with van der Waals surface area (Å²) in [5, 5.41) is 0. The number of carbonyl (C=O) groups excluding carboxylic acids is 1. The van der Waals surface area contributed by atoms with Crippen LogP contribution in [0.2, 0.25) is 0 Å². The number of rotatable bonds is 6. The van der Waals surface area contributed by atoms with Crippen molar-refractivity contribution < 1.29 is 44.3 Å². The molecule has 5 nitrogen and oxygen atoms in total. The first kappa shape index (κ1) is 21.2. The quantitative estimate of drug-likeness (QED) is 0.423. The van der Waals surface area contributed by atoms with Gasteiger partial charge in [0.1, 0.15) is 6.04 Å². The maximum Gasteiger partial charge on any atom is 0.474 e. The number of benzene rings is 1. The molecule has 0 N–H and O–H groups in total. The molecule has 0 aromatic heterocycles. The normalized spacial score (nSPS) is 14.4. The third kappa shape index (κ3) is 5.33. The average molecular weight is 393 g/mol. The molecule has 0 spiro atoms. The summed E-state index contributed by atoms with van der Waals surface area (Å²) in [7, 11) is -5.62. The molecular weight excluding hydrogens is 380 g/mol. The van der Waals surface area contributed by atoms with Crippen molar-refractivity contribution in [3.63, 3.8) is 0 Å². The van der Waals surface area contributed by atoms with Gasteiger partial charge in [-0.15, -0.1) is 0 Å². The van der Waals surface area contributed by atoms with E-state index in [2.05, 4.69) is 4.74 Å². The van der Waals surface area contributed by atoms with Gasteiger partial charge in [-0.2, -0.15) is 26.3 Å². The van der Waals surface area contributed by atoms with Gasteiger partial charge in [-0.3, -0.25) is 4.79 Å². The van der Waals surface area contributed by atoms with Gasteiger partial charge in [0.15, 0.2) is 0 Å². The van der Waals surface area contributed by atoms with E-state index in [1.807, 2.05) is 0 Å². The number of esters is 1. The van der Waals surface area contributed by atoms with E-state index in [9.17, 15) is 39.6 Å². The number of halogens is 6. The van der Waals surface area contributed by atoms with E-state index >= 15 is 0 Å². The fourth-order valence-electron chi connectivity index (χ4n) is 1.90. The maximum atomic E-state index is 13.2. The zero-order valence-corrected chi connectivity index (χ0v) is 13.5. The summed E-state index contributed by atoms with van der Waals surface area (Å²) in [5.74, 6) is -1.61. The highest BCUT2D eigenvalue weighted by Gasteiger charge is 2.59. The molecule has 0 bridgehead atoms. The van der Waals surface area contributed by atoms with E-state index in [1.54, 1.807) is 0 Å². The van der Waals surface area contributed by atoms with E-state index in [0.717, 1.165) is 12.1 Å². The first-order chi connectivity index (χ1) is 11.3. The summed E-state index contributed by atoms with van der Waals surface area (Å²) in [6, 6.07) is 1.15. The molecule has 12 heteroatoms. The number of nitrogens with zero attached hydrogens (tertiary/aromatic N) is 1. The second kappa shape index (κ2) is 7.60. The monoisotopic (exact) mass is 393 g/mol. The summed E-state index contributed by atoms with van der Waals surface area (Å²) in [4.78, 5) is 10.3. The molecule has 0 heterocycles. The second-order valence-electron chi connectivity index (χ2n) is 4.65. The van der Waals surface area contributed by atoms with Crippen molar-refractivity contribution >= 4 is 16.0 Å². The Labute approximate surface area is 139 Å². The van der Waals surface area contributed by atoms with Crippen LogP contribution in [0.25, 0.3) is 0 Å². The van der Waals surface area contributed by atoms with Gasteiger partial charge in [0.05, 0.1) is 17.9 Å². The van der Waals surface area contributed by atoms with Crippen LogP contribution in [0.5, 0.6) is 0 Å². The Kier molecular flexibility index (Phi) is 6.45. The largest absolute Gasteiger partial charge is 0.474 e. The van der Waals surface area contributed by atoms with Crippen molar-refractivity contribution in [2.45, 2.75) is 36.8 Å². The minimum absolute atomic E-state index is 0.374. The molecule has 1 aromatic rings. The minimum atomic E-state index is -5.92. The lowest BCUT2D eigenvalue weighted by Gasteiger charge is -2.32. The highest BCUT2D eigenvalue weighted by Crippen LogP contribution is 2.39. The Morgan fingerprint density at radius 3 is 2.04 bits per heavy atom. The predicted molar refractivity (Wildman–Crippen MR) is 72.6 cm³/mol. The van der Waals surface area contributed by atoms with Gasteiger partial charge < -0.3 is 4.74 Å². The van der Waals surface area contributed by atoms with Gasteiger partial charge >= 0.3 is 18.4 Å². The lowest BCUT2D eigenvalue weighted by atomic mass is 10.2. The van der Waals surface area contributed by atoms with E-state index in [0.29, 0.717) is 12.1 Å². The molecule has 142 valence electrons. The Morgan fingerprint density at radius 2 is 1.64 bits per heavy atom. The molecule has 0 aliphatic heterocycles. The van der Waals surface area contributed by atoms with E-state index < -0.39 is 50.1 Å². The fourth-order valence-corrected chi connectivity index (χ4v) is 3.43. The maximum absolute atomic E-state index is 13.2. The summed E-state index contributed by atoms with van der Waals surface area (Å²) in [6.07, 6.45) is -13.4. The zero-order valence-electron chi connectivity index (χ0n) is 12.6. The molecule has 1 atom stereocenters. The van der Waals surface area contributed by atoms with Crippen LogP contribution in [-0.2, 0) is 19.6 Å². The molecule has 0 radical (unpaired) electrons. The highest BCUT2D eigenvalue weighted by atomic mass is 32.2. The Balaban J connectivity index is 3.47. The van der Waals surface area contributed by atoms with Gasteiger partial charge in [0.2, 0.25) is 0 Å². The smallest absolute Gasteiger partial charge is 0.466 e. The van der Waals surface area contributed by atoms with Gasteiger partial charge in [-0.25, -0.2) is 8.42 Å². The molecular formula is C13H13F6NO4S. The molecule has 0 aliphatic rings. The van der Waals surface area contributed by atoms with Crippen molar-refractivity contribution in [3.8, 4) is 0 Å². The molecule has 25 heavy (non-hydrogen) atoms. The average Bonchev–Trinajstić information content (AvgIpc) is 2.45. The lowest BCUT2D eigenvalue weighted by molar-refractivity contribution is -0.268. The molecule has 0 amide bonds. The number of hydrogen-bond donors (Lipinski definition) is 0. The molecule has 0 aliphatic carbocycles. The van der Waals surface area contributed by atoms with Crippen LogP contribution in [0.1, 0.15) is 13.3 Å². The molecule has 0 fully saturated rings. The third-order valence-electron chi connectivity index (χ3n) is 2.88. The summed E-state index contributed by atoms with van der Waals surface area (Å²) >= 11 is 0.